The van der Waals surface area contributed by atoms with Crippen LogP contribution in [0, 0.1) is 0 Å². The highest BCUT2D eigenvalue weighted by Gasteiger charge is 2.49. The monoisotopic (exact) mass is 564 g/mol. The molecule has 0 bridgehead atoms. The van der Waals surface area contributed by atoms with Crippen molar-refractivity contribution in [2.24, 2.45) is 0 Å². The molecule has 0 radical (unpaired) electrons. The lowest BCUT2D eigenvalue weighted by Crippen LogP contribution is -2.42. The fraction of sp³-hybridized carbons (Fsp3) is 0.345. The summed E-state index contributed by atoms with van der Waals surface area (Å²) in [5, 5.41) is 7.17. The largest absolute Gasteiger partial charge is 0.497 e. The Balaban J connectivity index is 1.26. The van der Waals surface area contributed by atoms with Gasteiger partial charge in [-0.15, -0.1) is 0 Å². The summed E-state index contributed by atoms with van der Waals surface area (Å²) in [7, 11) is -2.02. The van der Waals surface area contributed by atoms with Gasteiger partial charge < -0.3 is 15.4 Å². The van der Waals surface area contributed by atoms with E-state index in [0.29, 0.717) is 30.1 Å². The van der Waals surface area contributed by atoms with E-state index in [4.69, 9.17) is 4.74 Å². The smallest absolute Gasteiger partial charge is 0.325 e. The molecule has 2 saturated heterocycles. The third-order valence-corrected chi connectivity index (χ3v) is 9.46. The molecule has 3 aromatic carbocycles. The van der Waals surface area contributed by atoms with Gasteiger partial charge in [0.05, 0.1) is 12.0 Å². The maximum atomic E-state index is 13.4. The Morgan fingerprint density at radius 3 is 2.27 bits per heavy atom. The molecule has 0 spiro atoms. The van der Waals surface area contributed by atoms with E-state index in [2.05, 4.69) is 10.6 Å². The van der Waals surface area contributed by atoms with Gasteiger partial charge >= 0.3 is 6.03 Å². The minimum atomic E-state index is -3.61. The summed E-state index contributed by atoms with van der Waals surface area (Å²) in [6.07, 6.45) is 3.72. The van der Waals surface area contributed by atoms with Crippen molar-refractivity contribution in [3.05, 3.63) is 66.2 Å². The minimum Gasteiger partial charge on any atom is -0.497 e. The quantitative estimate of drug-likeness (QED) is 0.421. The number of imide groups is 1. The summed E-state index contributed by atoms with van der Waals surface area (Å²) in [6, 6.07) is 16.3. The van der Waals surface area contributed by atoms with Crippen LogP contribution < -0.4 is 15.4 Å². The van der Waals surface area contributed by atoms with Gasteiger partial charge in [0.15, 0.2) is 0 Å². The van der Waals surface area contributed by atoms with Gasteiger partial charge in [0, 0.05) is 18.8 Å². The van der Waals surface area contributed by atoms with E-state index in [1.54, 1.807) is 20.1 Å². The molecule has 2 aliphatic rings. The number of rotatable bonds is 7. The zero-order valence-electron chi connectivity index (χ0n) is 22.5. The number of hydrogen-bond acceptors (Lipinski definition) is 6. The number of sulfonamides is 1. The van der Waals surface area contributed by atoms with Crippen LogP contribution in [0.25, 0.3) is 10.8 Å². The first-order valence-electron chi connectivity index (χ1n) is 13.2. The molecule has 4 amide bonds. The van der Waals surface area contributed by atoms with Crippen molar-refractivity contribution in [1.29, 1.82) is 0 Å². The van der Waals surface area contributed by atoms with E-state index < -0.39 is 40.0 Å². The predicted octanol–water partition coefficient (Wildman–Crippen LogP) is 3.82. The molecule has 40 heavy (non-hydrogen) atoms. The summed E-state index contributed by atoms with van der Waals surface area (Å²) < 4.78 is 32.8. The van der Waals surface area contributed by atoms with Gasteiger partial charge in [-0.3, -0.25) is 14.5 Å². The van der Waals surface area contributed by atoms with Gasteiger partial charge in [0.25, 0.3) is 5.91 Å². The number of fused-ring (bicyclic) bond motifs is 1. The van der Waals surface area contributed by atoms with Crippen molar-refractivity contribution in [3.8, 4) is 5.75 Å². The Hall–Kier alpha value is -3.96. The molecule has 3 aromatic rings. The van der Waals surface area contributed by atoms with Gasteiger partial charge in [-0.05, 0) is 78.6 Å². The second-order valence-electron chi connectivity index (χ2n) is 10.3. The van der Waals surface area contributed by atoms with Crippen LogP contribution in [0.2, 0.25) is 0 Å². The van der Waals surface area contributed by atoms with Crippen LogP contribution in [0.1, 0.15) is 38.2 Å². The van der Waals surface area contributed by atoms with Crippen LogP contribution in [0.3, 0.4) is 0 Å². The van der Waals surface area contributed by atoms with Crippen molar-refractivity contribution in [1.82, 2.24) is 14.5 Å². The predicted molar refractivity (Wildman–Crippen MR) is 150 cm³/mol. The fourth-order valence-corrected chi connectivity index (χ4v) is 6.70. The van der Waals surface area contributed by atoms with Crippen LogP contribution >= 0.6 is 0 Å². The molecular weight excluding hydrogens is 532 g/mol. The lowest BCUT2D eigenvalue weighted by atomic mass is 9.90. The third kappa shape index (κ3) is 5.26. The van der Waals surface area contributed by atoms with E-state index in [9.17, 15) is 22.8 Å². The summed E-state index contributed by atoms with van der Waals surface area (Å²) in [5.74, 6) is -0.413. The van der Waals surface area contributed by atoms with Crippen LogP contribution in [0.5, 0.6) is 5.75 Å². The van der Waals surface area contributed by atoms with Gasteiger partial charge in [0.1, 0.15) is 17.8 Å². The molecule has 5 rings (SSSR count). The van der Waals surface area contributed by atoms with E-state index in [1.165, 1.54) is 28.6 Å². The lowest BCUT2D eigenvalue weighted by molar-refractivity contribution is -0.133. The number of nitrogens with one attached hydrogen (secondary N) is 2. The first kappa shape index (κ1) is 27.6. The highest BCUT2D eigenvalue weighted by Crippen LogP contribution is 2.32. The number of nitrogens with zero attached hydrogens (tertiary/aromatic N) is 2. The summed E-state index contributed by atoms with van der Waals surface area (Å²) in [6.45, 7) is 2.12. The molecule has 0 aliphatic carbocycles. The molecular formula is C29H32N4O6S. The topological polar surface area (TPSA) is 125 Å². The standard InChI is InChI=1S/C29H32N4O6S/c1-29(22-9-7-21-18-24(39-2)12-8-20(21)17-22)27(35)33(28(36)31-29)19-26(34)30-23-10-13-25(14-11-23)40(37,38)32-15-5-3-4-6-16-32/h7-14,17-18H,3-6,15-16,19H2,1-2H3,(H,30,34)(H,31,36)/t29-/m1/s1. The van der Waals surface area contributed by atoms with Crippen molar-refractivity contribution in [2.75, 3.05) is 32.1 Å². The molecule has 0 saturated carbocycles. The molecule has 2 heterocycles. The van der Waals surface area contributed by atoms with E-state index in [-0.39, 0.29) is 4.90 Å². The van der Waals surface area contributed by atoms with Crippen molar-refractivity contribution >= 4 is 44.3 Å². The summed E-state index contributed by atoms with van der Waals surface area (Å²) >= 11 is 0. The Labute approximate surface area is 233 Å². The highest BCUT2D eigenvalue weighted by atomic mass is 32.2. The average Bonchev–Trinajstić information content (AvgIpc) is 3.14. The Kier molecular flexibility index (Phi) is 7.52. The van der Waals surface area contributed by atoms with E-state index in [1.807, 2.05) is 30.3 Å². The maximum absolute atomic E-state index is 13.4. The normalized spacial score (nSPS) is 20.3. The zero-order chi connectivity index (χ0) is 28.5. The third-order valence-electron chi connectivity index (χ3n) is 7.54. The highest BCUT2D eigenvalue weighted by molar-refractivity contribution is 7.89. The van der Waals surface area contributed by atoms with Crippen LogP contribution in [0.15, 0.2) is 65.6 Å². The molecule has 2 N–H and O–H groups in total. The molecule has 1 atom stereocenters. The molecule has 10 nitrogen and oxygen atoms in total. The molecule has 0 aromatic heterocycles. The second kappa shape index (κ2) is 10.9. The van der Waals surface area contributed by atoms with Gasteiger partial charge in [0.2, 0.25) is 15.9 Å². The molecule has 2 aliphatic heterocycles. The number of anilines is 1. The SMILES string of the molecule is COc1ccc2cc([C@@]3(C)NC(=O)N(CC(=O)Nc4ccc(S(=O)(=O)N5CCCCCC5)cc4)C3=O)ccc2c1. The first-order valence-corrected chi connectivity index (χ1v) is 14.7. The van der Waals surface area contributed by atoms with Crippen LogP contribution in [0.4, 0.5) is 10.5 Å². The number of carbonyl (C=O) groups excluding carboxylic acids is 3. The zero-order valence-corrected chi connectivity index (χ0v) is 23.3. The summed E-state index contributed by atoms with van der Waals surface area (Å²) in [5.41, 5.74) is -0.387. The van der Waals surface area contributed by atoms with Crippen molar-refractivity contribution in [2.45, 2.75) is 43.0 Å². The second-order valence-corrected chi connectivity index (χ2v) is 12.2. The van der Waals surface area contributed by atoms with Gasteiger partial charge in [-0.2, -0.15) is 4.31 Å². The van der Waals surface area contributed by atoms with Gasteiger partial charge in [-0.25, -0.2) is 13.2 Å². The molecule has 0 unspecified atom stereocenters. The number of benzene rings is 3. The van der Waals surface area contributed by atoms with Crippen LogP contribution in [-0.2, 0) is 25.2 Å². The van der Waals surface area contributed by atoms with Gasteiger partial charge in [-0.1, -0.05) is 31.0 Å². The maximum Gasteiger partial charge on any atom is 0.325 e. The van der Waals surface area contributed by atoms with Crippen molar-refractivity contribution < 1.29 is 27.5 Å². The number of methoxy groups -OCH3 is 1. The Bertz CT molecular complexity index is 1570. The number of carbonyl (C=O) groups is 3. The Morgan fingerprint density at radius 1 is 0.950 bits per heavy atom. The van der Waals surface area contributed by atoms with E-state index in [0.717, 1.165) is 41.4 Å². The van der Waals surface area contributed by atoms with Crippen molar-refractivity contribution in [3.63, 3.8) is 0 Å². The molecule has 11 heteroatoms. The lowest BCUT2D eigenvalue weighted by Gasteiger charge is -2.22. The fourth-order valence-electron chi connectivity index (χ4n) is 5.18. The Morgan fingerprint density at radius 2 is 1.60 bits per heavy atom. The molecule has 2 fully saturated rings. The number of ether oxygens (including phenoxy) is 1. The summed E-state index contributed by atoms with van der Waals surface area (Å²) in [4.78, 5) is 40.0. The number of amides is 4. The first-order chi connectivity index (χ1) is 19.1. The average molecular weight is 565 g/mol. The molecule has 210 valence electrons. The van der Waals surface area contributed by atoms with E-state index >= 15 is 0 Å². The number of urea groups is 1. The number of hydrogen-bond donors (Lipinski definition) is 2. The minimum absolute atomic E-state index is 0.158. The van der Waals surface area contributed by atoms with Crippen LogP contribution in [-0.4, -0.2) is 62.2 Å².